The predicted molar refractivity (Wildman–Crippen MR) is 112 cm³/mol. The van der Waals surface area contributed by atoms with Crippen molar-refractivity contribution >= 4 is 51.4 Å². The number of rotatable bonds is 5. The molecule has 5 nitrogen and oxygen atoms in total. The van der Waals surface area contributed by atoms with Gasteiger partial charge in [0, 0.05) is 9.90 Å². The molecule has 0 saturated heterocycles. The molecule has 1 unspecified atom stereocenters. The van der Waals surface area contributed by atoms with E-state index in [1.165, 1.54) is 18.4 Å². The monoisotopic (exact) mass is 441 g/mol. The van der Waals surface area contributed by atoms with Gasteiger partial charge in [-0.1, -0.05) is 29.6 Å². The third kappa shape index (κ3) is 4.62. The van der Waals surface area contributed by atoms with Crippen molar-refractivity contribution in [3.8, 4) is 5.75 Å². The molecule has 1 N–H and O–H groups in total. The first kappa shape index (κ1) is 21.0. The Labute approximate surface area is 177 Å². The zero-order chi connectivity index (χ0) is 20.3. The zero-order valence-electron chi connectivity index (χ0n) is 15.6. The van der Waals surface area contributed by atoms with Crippen molar-refractivity contribution in [3.63, 3.8) is 0 Å². The summed E-state index contributed by atoms with van der Waals surface area (Å²) in [5.74, 6) is -0.430. The van der Waals surface area contributed by atoms with Crippen LogP contribution in [0.2, 0.25) is 10.0 Å². The van der Waals surface area contributed by atoms with E-state index in [-0.39, 0.29) is 5.91 Å². The molecule has 1 atom stereocenters. The predicted octanol–water partition coefficient (Wildman–Crippen LogP) is 5.52. The summed E-state index contributed by atoms with van der Waals surface area (Å²) in [7, 11) is 1.35. The number of carbonyl (C=O) groups excluding carboxylic acids is 2. The van der Waals surface area contributed by atoms with Gasteiger partial charge in [-0.3, -0.25) is 4.79 Å². The Bertz CT molecular complexity index is 897. The molecular formula is C20H21Cl2NO4S. The van der Waals surface area contributed by atoms with Crippen LogP contribution in [0.15, 0.2) is 18.2 Å². The maximum atomic E-state index is 12.7. The maximum Gasteiger partial charge on any atom is 0.341 e. The SMILES string of the molecule is COC(=O)c1c(NC(=O)C(C)Oc2ccc(Cl)cc2Cl)sc2c1CCCCC2. The molecule has 28 heavy (non-hydrogen) atoms. The number of hydrogen-bond donors (Lipinski definition) is 1. The summed E-state index contributed by atoms with van der Waals surface area (Å²) >= 11 is 13.4. The largest absolute Gasteiger partial charge is 0.479 e. The van der Waals surface area contributed by atoms with Crippen molar-refractivity contribution in [2.24, 2.45) is 0 Å². The van der Waals surface area contributed by atoms with Crippen LogP contribution in [-0.2, 0) is 22.4 Å². The number of benzene rings is 1. The number of amides is 1. The van der Waals surface area contributed by atoms with Crippen LogP contribution in [0.25, 0.3) is 0 Å². The number of nitrogens with one attached hydrogen (secondary N) is 1. The van der Waals surface area contributed by atoms with Crippen LogP contribution in [0.4, 0.5) is 5.00 Å². The van der Waals surface area contributed by atoms with Crippen molar-refractivity contribution in [1.82, 2.24) is 0 Å². The number of halogens is 2. The molecule has 1 aliphatic carbocycles. The van der Waals surface area contributed by atoms with E-state index in [1.807, 2.05) is 0 Å². The Morgan fingerprint density at radius 2 is 1.93 bits per heavy atom. The smallest absolute Gasteiger partial charge is 0.341 e. The Morgan fingerprint density at radius 3 is 2.64 bits per heavy atom. The van der Waals surface area contributed by atoms with Crippen LogP contribution >= 0.6 is 34.5 Å². The van der Waals surface area contributed by atoms with Crippen molar-refractivity contribution < 1.29 is 19.1 Å². The van der Waals surface area contributed by atoms with Crippen LogP contribution in [0.1, 0.15) is 47.0 Å². The van der Waals surface area contributed by atoms with E-state index in [4.69, 9.17) is 32.7 Å². The Hall–Kier alpha value is -1.76. The molecule has 1 aliphatic rings. The molecule has 0 saturated carbocycles. The summed E-state index contributed by atoms with van der Waals surface area (Å²) in [6.07, 6.45) is 4.15. The molecule has 0 bridgehead atoms. The van der Waals surface area contributed by atoms with Crippen LogP contribution in [-0.4, -0.2) is 25.1 Å². The van der Waals surface area contributed by atoms with Crippen LogP contribution < -0.4 is 10.1 Å². The lowest BCUT2D eigenvalue weighted by molar-refractivity contribution is -0.122. The number of carbonyl (C=O) groups is 2. The molecule has 0 spiro atoms. The first-order valence-corrected chi connectivity index (χ1v) is 10.6. The summed E-state index contributed by atoms with van der Waals surface area (Å²) < 4.78 is 10.6. The molecule has 0 fully saturated rings. The van der Waals surface area contributed by atoms with Gasteiger partial charge in [-0.05, 0) is 56.4 Å². The number of thiophene rings is 1. The highest BCUT2D eigenvalue weighted by molar-refractivity contribution is 7.17. The van der Waals surface area contributed by atoms with Gasteiger partial charge in [-0.25, -0.2) is 4.79 Å². The van der Waals surface area contributed by atoms with Crippen molar-refractivity contribution in [1.29, 1.82) is 0 Å². The number of fused-ring (bicyclic) bond motifs is 1. The summed E-state index contributed by atoms with van der Waals surface area (Å²) in [5, 5.41) is 4.16. The van der Waals surface area contributed by atoms with Crippen LogP contribution in [0.5, 0.6) is 5.75 Å². The van der Waals surface area contributed by atoms with E-state index in [9.17, 15) is 9.59 Å². The molecular weight excluding hydrogens is 421 g/mol. The van der Waals surface area contributed by atoms with Gasteiger partial charge >= 0.3 is 5.97 Å². The molecule has 3 rings (SSSR count). The molecule has 0 radical (unpaired) electrons. The van der Waals surface area contributed by atoms with E-state index in [1.54, 1.807) is 25.1 Å². The zero-order valence-corrected chi connectivity index (χ0v) is 18.0. The molecule has 1 aromatic heterocycles. The lowest BCUT2D eigenvalue weighted by atomic mass is 10.1. The Kier molecular flexibility index (Phi) is 6.86. The minimum absolute atomic E-state index is 0.324. The summed E-state index contributed by atoms with van der Waals surface area (Å²) in [4.78, 5) is 26.2. The van der Waals surface area contributed by atoms with E-state index >= 15 is 0 Å². The molecule has 0 aliphatic heterocycles. The Balaban J connectivity index is 1.80. The van der Waals surface area contributed by atoms with Gasteiger partial charge in [-0.15, -0.1) is 11.3 Å². The quantitative estimate of drug-likeness (QED) is 0.490. The van der Waals surface area contributed by atoms with Gasteiger partial charge in [0.1, 0.15) is 10.8 Å². The van der Waals surface area contributed by atoms with Gasteiger partial charge in [0.05, 0.1) is 17.7 Å². The number of methoxy groups -OCH3 is 1. The second kappa shape index (κ2) is 9.16. The van der Waals surface area contributed by atoms with Crippen molar-refractivity contribution in [2.45, 2.75) is 45.1 Å². The van der Waals surface area contributed by atoms with Gasteiger partial charge in [0.15, 0.2) is 6.10 Å². The normalized spacial score (nSPS) is 14.6. The third-order valence-electron chi connectivity index (χ3n) is 4.61. The highest BCUT2D eigenvalue weighted by Crippen LogP contribution is 2.38. The maximum absolute atomic E-state index is 12.7. The average Bonchev–Trinajstić information content (AvgIpc) is 2.83. The van der Waals surface area contributed by atoms with E-state index in [2.05, 4.69) is 5.32 Å². The molecule has 1 heterocycles. The van der Waals surface area contributed by atoms with E-state index in [0.29, 0.717) is 26.4 Å². The number of hydrogen-bond acceptors (Lipinski definition) is 5. The van der Waals surface area contributed by atoms with Crippen molar-refractivity contribution in [2.75, 3.05) is 12.4 Å². The standard InChI is InChI=1S/C20H21Cl2NO4S/c1-11(27-15-9-8-12(21)10-14(15)22)18(24)23-19-17(20(25)26-2)13-6-4-3-5-7-16(13)28-19/h8-11H,3-7H2,1-2H3,(H,23,24). The minimum Gasteiger partial charge on any atom is -0.479 e. The van der Waals surface area contributed by atoms with Crippen molar-refractivity contribution in [3.05, 3.63) is 44.2 Å². The van der Waals surface area contributed by atoms with Gasteiger partial charge in [0.2, 0.25) is 0 Å². The first-order chi connectivity index (χ1) is 13.4. The summed E-state index contributed by atoms with van der Waals surface area (Å²) in [6, 6.07) is 4.80. The second-order valence-corrected chi connectivity index (χ2v) is 8.53. The lowest BCUT2D eigenvalue weighted by Gasteiger charge is -2.16. The third-order valence-corrected chi connectivity index (χ3v) is 6.35. The summed E-state index contributed by atoms with van der Waals surface area (Å²) in [6.45, 7) is 1.62. The summed E-state index contributed by atoms with van der Waals surface area (Å²) in [5.41, 5.74) is 1.47. The average molecular weight is 442 g/mol. The molecule has 8 heteroatoms. The highest BCUT2D eigenvalue weighted by Gasteiger charge is 2.27. The first-order valence-electron chi connectivity index (χ1n) is 9.06. The number of anilines is 1. The molecule has 1 aromatic carbocycles. The van der Waals surface area contributed by atoms with Gasteiger partial charge < -0.3 is 14.8 Å². The minimum atomic E-state index is -0.814. The molecule has 1 amide bonds. The molecule has 2 aromatic rings. The van der Waals surface area contributed by atoms with Gasteiger partial charge in [0.25, 0.3) is 5.91 Å². The topological polar surface area (TPSA) is 64.6 Å². The van der Waals surface area contributed by atoms with Gasteiger partial charge in [-0.2, -0.15) is 0 Å². The number of aryl methyl sites for hydroxylation is 1. The molecule has 150 valence electrons. The number of esters is 1. The van der Waals surface area contributed by atoms with E-state index < -0.39 is 12.1 Å². The number of ether oxygens (including phenoxy) is 2. The fourth-order valence-corrected chi connectivity index (χ4v) is 4.91. The highest BCUT2D eigenvalue weighted by atomic mass is 35.5. The Morgan fingerprint density at radius 1 is 1.18 bits per heavy atom. The van der Waals surface area contributed by atoms with E-state index in [0.717, 1.165) is 42.5 Å². The van der Waals surface area contributed by atoms with Crippen LogP contribution in [0.3, 0.4) is 0 Å². The fraction of sp³-hybridized carbons (Fsp3) is 0.400. The second-order valence-electron chi connectivity index (χ2n) is 6.58. The fourth-order valence-electron chi connectivity index (χ4n) is 3.18. The lowest BCUT2D eigenvalue weighted by Crippen LogP contribution is -2.30. The van der Waals surface area contributed by atoms with Crippen LogP contribution in [0, 0.1) is 0 Å².